The largest absolute Gasteiger partial charge is 0.348 e. The number of nitrogens with zero attached hydrogens (tertiary/aromatic N) is 5. The van der Waals surface area contributed by atoms with Gasteiger partial charge in [-0.2, -0.15) is 0 Å². The number of hydrogen-bond acceptors (Lipinski definition) is 7. The van der Waals surface area contributed by atoms with Crippen LogP contribution in [0.2, 0.25) is 0 Å². The summed E-state index contributed by atoms with van der Waals surface area (Å²) in [4.78, 5) is 14.9. The molecule has 1 aromatic carbocycles. The Morgan fingerprint density at radius 3 is 2.71 bits per heavy atom. The van der Waals surface area contributed by atoms with Crippen molar-refractivity contribution in [1.29, 1.82) is 0 Å². The predicted molar refractivity (Wildman–Crippen MR) is 131 cm³/mol. The maximum absolute atomic E-state index is 14.2. The molecule has 0 radical (unpaired) electrons. The van der Waals surface area contributed by atoms with Gasteiger partial charge in [0, 0.05) is 30.5 Å². The first-order valence-corrected chi connectivity index (χ1v) is 13.1. The van der Waals surface area contributed by atoms with Crippen LogP contribution in [0.1, 0.15) is 37.1 Å². The van der Waals surface area contributed by atoms with E-state index in [1.807, 2.05) is 23.1 Å². The molecule has 4 heterocycles. The van der Waals surface area contributed by atoms with Gasteiger partial charge in [0.25, 0.3) is 0 Å². The van der Waals surface area contributed by atoms with Crippen molar-refractivity contribution in [3.63, 3.8) is 0 Å². The molecule has 0 atom stereocenters. The molecule has 0 spiro atoms. The second kappa shape index (κ2) is 8.19. The molecule has 0 saturated carbocycles. The minimum atomic E-state index is -3.39. The summed E-state index contributed by atoms with van der Waals surface area (Å²) in [5.74, 6) is 0.636. The number of nitrogens with one attached hydrogen (secondary N) is 1. The van der Waals surface area contributed by atoms with Gasteiger partial charge in [0.15, 0.2) is 11.6 Å². The Morgan fingerprint density at radius 1 is 1.12 bits per heavy atom. The summed E-state index contributed by atoms with van der Waals surface area (Å²) < 4.78 is 40.6. The first-order chi connectivity index (χ1) is 16.1. The van der Waals surface area contributed by atoms with Crippen LogP contribution in [0.3, 0.4) is 0 Å². The summed E-state index contributed by atoms with van der Waals surface area (Å²) in [6.45, 7) is 5.74. The lowest BCUT2D eigenvalue weighted by molar-refractivity contribution is 0.468. The van der Waals surface area contributed by atoms with Gasteiger partial charge in [-0.05, 0) is 48.1 Å². The Kier molecular flexibility index (Phi) is 5.43. The number of rotatable bonds is 4. The van der Waals surface area contributed by atoms with Crippen LogP contribution in [0.4, 0.5) is 27.4 Å². The highest BCUT2D eigenvalue weighted by atomic mass is 32.2. The fourth-order valence-corrected chi connectivity index (χ4v) is 5.69. The minimum Gasteiger partial charge on any atom is -0.348 e. The lowest BCUT2D eigenvalue weighted by atomic mass is 9.78. The molecule has 0 bridgehead atoms. The third kappa shape index (κ3) is 4.06. The molecule has 0 saturated heterocycles. The molecular weight excluding hydrogens is 455 g/mol. The molecule has 3 aromatic rings. The topological polar surface area (TPSA) is 91.3 Å². The van der Waals surface area contributed by atoms with Gasteiger partial charge in [-0.1, -0.05) is 19.9 Å². The van der Waals surface area contributed by atoms with Crippen LogP contribution in [-0.2, 0) is 28.4 Å². The molecular formula is C24H27FN6O2S. The van der Waals surface area contributed by atoms with E-state index >= 15 is 0 Å². The summed E-state index contributed by atoms with van der Waals surface area (Å²) in [7, 11) is -3.39. The lowest BCUT2D eigenvalue weighted by Crippen LogP contribution is -2.40. The number of benzene rings is 1. The number of aromatic nitrogens is 3. The SMILES string of the molecule is CC1(C)CCN(S(C)(=O)=O)c2cc(Nc3ncnc4c3CCN(c3ncccc3F)C4)ccc21. The van der Waals surface area contributed by atoms with Gasteiger partial charge in [-0.25, -0.2) is 27.8 Å². The van der Waals surface area contributed by atoms with Crippen molar-refractivity contribution < 1.29 is 12.8 Å². The fourth-order valence-electron chi connectivity index (χ4n) is 4.76. The average Bonchev–Trinajstić information content (AvgIpc) is 2.78. The van der Waals surface area contributed by atoms with E-state index in [-0.39, 0.29) is 11.2 Å². The Labute approximate surface area is 198 Å². The highest BCUT2D eigenvalue weighted by Gasteiger charge is 2.35. The second-order valence-corrected chi connectivity index (χ2v) is 11.4. The minimum absolute atomic E-state index is 0.118. The number of pyridine rings is 1. The summed E-state index contributed by atoms with van der Waals surface area (Å²) in [6.07, 6.45) is 5.70. The Bertz CT molecular complexity index is 1360. The van der Waals surface area contributed by atoms with E-state index in [4.69, 9.17) is 0 Å². The van der Waals surface area contributed by atoms with E-state index in [2.05, 4.69) is 34.1 Å². The van der Waals surface area contributed by atoms with E-state index in [0.29, 0.717) is 43.4 Å². The van der Waals surface area contributed by atoms with Crippen LogP contribution in [0.25, 0.3) is 0 Å². The van der Waals surface area contributed by atoms with Gasteiger partial charge in [0.1, 0.15) is 12.1 Å². The molecule has 10 heteroatoms. The van der Waals surface area contributed by atoms with E-state index in [9.17, 15) is 12.8 Å². The summed E-state index contributed by atoms with van der Waals surface area (Å²) in [5, 5.41) is 3.37. The molecule has 34 heavy (non-hydrogen) atoms. The van der Waals surface area contributed by atoms with E-state index in [0.717, 1.165) is 28.9 Å². The van der Waals surface area contributed by atoms with Gasteiger partial charge >= 0.3 is 0 Å². The van der Waals surface area contributed by atoms with Crippen LogP contribution in [0.5, 0.6) is 0 Å². The standard InChI is InChI=1S/C24H27FN6O2S/c1-24(2)9-12-31(34(3,32)33)21-13-16(6-7-18(21)24)29-22-17-8-11-30(14-20(17)27-15-28-22)23-19(25)5-4-10-26-23/h4-7,10,13,15H,8-9,11-12,14H2,1-3H3,(H,27,28,29). The van der Waals surface area contributed by atoms with Gasteiger partial charge < -0.3 is 10.2 Å². The monoisotopic (exact) mass is 482 g/mol. The van der Waals surface area contributed by atoms with Crippen molar-refractivity contribution in [2.45, 2.75) is 38.6 Å². The molecule has 178 valence electrons. The van der Waals surface area contributed by atoms with E-state index < -0.39 is 10.0 Å². The zero-order chi connectivity index (χ0) is 24.1. The van der Waals surface area contributed by atoms with Gasteiger partial charge in [0.05, 0.1) is 24.2 Å². The first-order valence-electron chi connectivity index (χ1n) is 11.2. The predicted octanol–water partition coefficient (Wildman–Crippen LogP) is 3.76. The first kappa shape index (κ1) is 22.5. The quantitative estimate of drug-likeness (QED) is 0.605. The van der Waals surface area contributed by atoms with Crippen molar-refractivity contribution >= 4 is 33.0 Å². The van der Waals surface area contributed by atoms with Crippen molar-refractivity contribution in [1.82, 2.24) is 15.0 Å². The van der Waals surface area contributed by atoms with E-state index in [1.54, 1.807) is 12.3 Å². The third-order valence-corrected chi connectivity index (χ3v) is 7.82. The fraction of sp³-hybridized carbons (Fsp3) is 0.375. The lowest BCUT2D eigenvalue weighted by Gasteiger charge is -2.39. The molecule has 0 unspecified atom stereocenters. The van der Waals surface area contributed by atoms with Gasteiger partial charge in [-0.3, -0.25) is 4.31 Å². The summed E-state index contributed by atoms with van der Waals surface area (Å²) >= 11 is 0. The van der Waals surface area contributed by atoms with Crippen LogP contribution in [0, 0.1) is 5.82 Å². The number of hydrogen-bond donors (Lipinski definition) is 1. The molecule has 0 aliphatic carbocycles. The maximum Gasteiger partial charge on any atom is 0.232 e. The third-order valence-electron chi connectivity index (χ3n) is 6.64. The average molecular weight is 483 g/mol. The van der Waals surface area contributed by atoms with Gasteiger partial charge in [0.2, 0.25) is 10.0 Å². The summed E-state index contributed by atoms with van der Waals surface area (Å²) in [5.41, 5.74) is 4.12. The smallest absolute Gasteiger partial charge is 0.232 e. The molecule has 2 aliphatic rings. The van der Waals surface area contributed by atoms with Crippen molar-refractivity contribution in [3.05, 3.63) is 65.5 Å². The number of halogens is 1. The number of fused-ring (bicyclic) bond motifs is 2. The van der Waals surface area contributed by atoms with Crippen LogP contribution in [0.15, 0.2) is 42.9 Å². The molecule has 5 rings (SSSR count). The highest BCUT2D eigenvalue weighted by molar-refractivity contribution is 7.92. The Morgan fingerprint density at radius 2 is 1.94 bits per heavy atom. The van der Waals surface area contributed by atoms with Crippen molar-refractivity contribution in [2.75, 3.05) is 33.9 Å². The van der Waals surface area contributed by atoms with Crippen LogP contribution in [-0.4, -0.2) is 42.7 Å². The van der Waals surface area contributed by atoms with Crippen molar-refractivity contribution in [3.8, 4) is 0 Å². The number of sulfonamides is 1. The zero-order valence-corrected chi connectivity index (χ0v) is 20.2. The summed E-state index contributed by atoms with van der Waals surface area (Å²) in [6, 6.07) is 8.81. The van der Waals surface area contributed by atoms with Gasteiger partial charge in [-0.15, -0.1) is 0 Å². The highest BCUT2D eigenvalue weighted by Crippen LogP contribution is 2.42. The van der Waals surface area contributed by atoms with E-state index in [1.165, 1.54) is 23.0 Å². The molecule has 2 aliphatic heterocycles. The molecule has 0 amide bonds. The van der Waals surface area contributed by atoms with Crippen LogP contribution < -0.4 is 14.5 Å². The molecule has 2 aromatic heterocycles. The molecule has 1 N–H and O–H groups in total. The maximum atomic E-state index is 14.2. The van der Waals surface area contributed by atoms with Crippen molar-refractivity contribution in [2.24, 2.45) is 0 Å². The molecule has 0 fully saturated rings. The normalized spacial score (nSPS) is 17.2. The Hall–Kier alpha value is -3.27. The number of anilines is 4. The van der Waals surface area contributed by atoms with Crippen LogP contribution >= 0.6 is 0 Å². The Balaban J connectivity index is 1.46. The second-order valence-electron chi connectivity index (χ2n) is 9.45. The zero-order valence-electron chi connectivity index (χ0n) is 19.4. The molecule has 8 nitrogen and oxygen atoms in total.